The van der Waals surface area contributed by atoms with Crippen LogP contribution in [0.25, 0.3) is 0 Å². The molecule has 2 rings (SSSR count). The van der Waals surface area contributed by atoms with Crippen molar-refractivity contribution in [2.75, 3.05) is 31.7 Å². The SMILES string of the molecule is CCOc1ccc(N=NC(C(C)=O)C(=O)Nc2c(OCC)cc(Cl)cc2OCC)c(OCC)c1Cl. The fraction of sp³-hybridized carbons (Fsp3) is 0.417. The molecule has 0 aliphatic carbocycles. The molecule has 0 bridgehead atoms. The van der Waals surface area contributed by atoms with Crippen molar-refractivity contribution >= 4 is 46.3 Å². The number of benzene rings is 2. The third kappa shape index (κ3) is 7.47. The van der Waals surface area contributed by atoms with Crippen molar-refractivity contribution in [3.63, 3.8) is 0 Å². The van der Waals surface area contributed by atoms with Gasteiger partial charge in [-0.05, 0) is 46.8 Å². The van der Waals surface area contributed by atoms with Crippen LogP contribution in [0, 0.1) is 0 Å². The Balaban J connectivity index is 2.41. The molecule has 190 valence electrons. The molecule has 0 heterocycles. The van der Waals surface area contributed by atoms with E-state index >= 15 is 0 Å². The number of carbonyl (C=O) groups is 2. The third-order valence-corrected chi connectivity index (χ3v) is 5.00. The minimum absolute atomic E-state index is 0.220. The molecule has 0 saturated carbocycles. The average Bonchev–Trinajstić information content (AvgIpc) is 2.80. The van der Waals surface area contributed by atoms with Crippen LogP contribution in [0.15, 0.2) is 34.5 Å². The van der Waals surface area contributed by atoms with Crippen LogP contribution in [0.5, 0.6) is 23.0 Å². The second-order valence-corrected chi connectivity index (χ2v) is 7.77. The first-order chi connectivity index (χ1) is 16.8. The molecule has 1 atom stereocenters. The minimum Gasteiger partial charge on any atom is -0.492 e. The summed E-state index contributed by atoms with van der Waals surface area (Å²) in [5, 5.41) is 11.4. The molecule has 0 spiro atoms. The predicted molar refractivity (Wildman–Crippen MR) is 135 cm³/mol. The second kappa shape index (κ2) is 13.7. The van der Waals surface area contributed by atoms with Crippen LogP contribution in [-0.4, -0.2) is 44.2 Å². The van der Waals surface area contributed by atoms with Gasteiger partial charge in [-0.3, -0.25) is 9.59 Å². The zero-order chi connectivity index (χ0) is 26.0. The number of anilines is 1. The summed E-state index contributed by atoms with van der Waals surface area (Å²) in [6.07, 6.45) is 0. The summed E-state index contributed by atoms with van der Waals surface area (Å²) >= 11 is 12.5. The molecule has 0 saturated heterocycles. The number of rotatable bonds is 13. The Morgan fingerprint density at radius 2 is 1.43 bits per heavy atom. The van der Waals surface area contributed by atoms with Crippen molar-refractivity contribution in [2.45, 2.75) is 40.7 Å². The van der Waals surface area contributed by atoms with Crippen LogP contribution in [0.3, 0.4) is 0 Å². The first-order valence-electron chi connectivity index (χ1n) is 11.2. The lowest BCUT2D eigenvalue weighted by molar-refractivity contribution is -0.126. The summed E-state index contributed by atoms with van der Waals surface area (Å²) in [5.41, 5.74) is 0.486. The number of nitrogens with one attached hydrogen (secondary N) is 1. The number of halogens is 2. The first kappa shape index (κ1) is 28.2. The summed E-state index contributed by atoms with van der Waals surface area (Å²) in [6.45, 7) is 9.81. The van der Waals surface area contributed by atoms with Gasteiger partial charge in [-0.25, -0.2) is 0 Å². The van der Waals surface area contributed by atoms with E-state index in [-0.39, 0.29) is 22.1 Å². The Bertz CT molecular complexity index is 1050. The zero-order valence-corrected chi connectivity index (χ0v) is 21.8. The standard InChI is InChI=1S/C24H29Cl2N3O6/c1-6-32-17-11-10-16(23(20(17)26)35-9-4)28-29-21(14(5)30)24(31)27-22-18(33-7-2)12-15(25)13-19(22)34-8-3/h10-13,21H,6-9H2,1-5H3,(H,27,31). The predicted octanol–water partition coefficient (Wildman–Crippen LogP) is 6.27. The van der Waals surface area contributed by atoms with Crippen molar-refractivity contribution < 1.29 is 28.5 Å². The molecule has 9 nitrogen and oxygen atoms in total. The van der Waals surface area contributed by atoms with Gasteiger partial charge in [0.15, 0.2) is 11.5 Å². The molecular formula is C24H29Cl2N3O6. The Morgan fingerprint density at radius 1 is 0.886 bits per heavy atom. The van der Waals surface area contributed by atoms with Crippen molar-refractivity contribution in [1.82, 2.24) is 0 Å². The molecule has 1 amide bonds. The molecule has 0 fully saturated rings. The van der Waals surface area contributed by atoms with Gasteiger partial charge in [0.2, 0.25) is 6.04 Å². The molecule has 0 aliphatic heterocycles. The van der Waals surface area contributed by atoms with Crippen molar-refractivity contribution in [1.29, 1.82) is 0 Å². The normalized spacial score (nSPS) is 11.7. The Labute approximate surface area is 214 Å². The lowest BCUT2D eigenvalue weighted by Gasteiger charge is -2.18. The molecule has 2 aromatic rings. The van der Waals surface area contributed by atoms with E-state index in [2.05, 4.69) is 15.5 Å². The van der Waals surface area contributed by atoms with Crippen molar-refractivity contribution in [3.8, 4) is 23.0 Å². The summed E-state index contributed by atoms with van der Waals surface area (Å²) < 4.78 is 22.3. The lowest BCUT2D eigenvalue weighted by Crippen LogP contribution is -2.32. The Kier molecular flexibility index (Phi) is 11.1. The second-order valence-electron chi connectivity index (χ2n) is 6.95. The summed E-state index contributed by atoms with van der Waals surface area (Å²) in [5.74, 6) is 0.0150. The van der Waals surface area contributed by atoms with Crippen LogP contribution >= 0.6 is 23.2 Å². The highest BCUT2D eigenvalue weighted by molar-refractivity contribution is 6.34. The molecule has 1 N–H and O–H groups in total. The minimum atomic E-state index is -1.45. The topological polar surface area (TPSA) is 108 Å². The van der Waals surface area contributed by atoms with Gasteiger partial charge >= 0.3 is 0 Å². The zero-order valence-electron chi connectivity index (χ0n) is 20.3. The van der Waals surface area contributed by atoms with Crippen LogP contribution in [0.4, 0.5) is 11.4 Å². The van der Waals surface area contributed by atoms with Gasteiger partial charge in [-0.2, -0.15) is 10.2 Å². The number of amides is 1. The fourth-order valence-corrected chi connectivity index (χ4v) is 3.47. The lowest BCUT2D eigenvalue weighted by atomic mass is 10.2. The van der Waals surface area contributed by atoms with E-state index in [9.17, 15) is 9.59 Å². The van der Waals surface area contributed by atoms with Gasteiger partial charge in [-0.15, -0.1) is 0 Å². The molecule has 0 aromatic heterocycles. The highest BCUT2D eigenvalue weighted by atomic mass is 35.5. The van der Waals surface area contributed by atoms with E-state index in [1.165, 1.54) is 6.92 Å². The molecule has 0 radical (unpaired) electrons. The van der Waals surface area contributed by atoms with E-state index in [0.29, 0.717) is 48.7 Å². The van der Waals surface area contributed by atoms with E-state index in [0.717, 1.165) is 0 Å². The van der Waals surface area contributed by atoms with Crippen LogP contribution < -0.4 is 24.3 Å². The van der Waals surface area contributed by atoms with E-state index in [4.69, 9.17) is 42.1 Å². The van der Waals surface area contributed by atoms with Gasteiger partial charge in [0, 0.05) is 17.2 Å². The number of ketones is 1. The van der Waals surface area contributed by atoms with Gasteiger partial charge < -0.3 is 24.3 Å². The highest BCUT2D eigenvalue weighted by Crippen LogP contribution is 2.42. The molecule has 11 heteroatoms. The third-order valence-electron chi connectivity index (χ3n) is 4.42. The van der Waals surface area contributed by atoms with Gasteiger partial charge in [0.25, 0.3) is 5.91 Å². The maximum atomic E-state index is 13.1. The monoisotopic (exact) mass is 525 g/mol. The number of hydrogen-bond acceptors (Lipinski definition) is 8. The van der Waals surface area contributed by atoms with Gasteiger partial charge in [0.1, 0.15) is 33.6 Å². The number of Topliss-reactive ketones (excluding diaryl/α,β-unsaturated/α-hetero) is 1. The molecule has 2 aromatic carbocycles. The highest BCUT2D eigenvalue weighted by Gasteiger charge is 2.26. The maximum Gasteiger partial charge on any atom is 0.259 e. The largest absolute Gasteiger partial charge is 0.492 e. The molecule has 0 aliphatic rings. The number of hydrogen-bond donors (Lipinski definition) is 1. The average molecular weight is 526 g/mol. The summed E-state index contributed by atoms with van der Waals surface area (Å²) in [4.78, 5) is 25.4. The van der Waals surface area contributed by atoms with E-state index in [1.807, 2.05) is 6.92 Å². The summed E-state index contributed by atoms with van der Waals surface area (Å²) in [6, 6.07) is 4.84. The maximum absolute atomic E-state index is 13.1. The molecule has 1 unspecified atom stereocenters. The first-order valence-corrected chi connectivity index (χ1v) is 11.9. The van der Waals surface area contributed by atoms with Crippen LogP contribution in [-0.2, 0) is 9.59 Å². The van der Waals surface area contributed by atoms with Gasteiger partial charge in [-0.1, -0.05) is 23.2 Å². The van der Waals surface area contributed by atoms with E-state index in [1.54, 1.807) is 45.0 Å². The summed E-state index contributed by atoms with van der Waals surface area (Å²) in [7, 11) is 0. The Morgan fingerprint density at radius 3 is 1.94 bits per heavy atom. The van der Waals surface area contributed by atoms with Crippen LogP contribution in [0.1, 0.15) is 34.6 Å². The molecule has 35 heavy (non-hydrogen) atoms. The van der Waals surface area contributed by atoms with Crippen LogP contribution in [0.2, 0.25) is 10.0 Å². The molecular weight excluding hydrogens is 497 g/mol. The van der Waals surface area contributed by atoms with Crippen molar-refractivity contribution in [3.05, 3.63) is 34.3 Å². The fourth-order valence-electron chi connectivity index (χ4n) is 3.00. The number of carbonyl (C=O) groups excluding carboxylic acids is 2. The Hall–Kier alpha value is -3.04. The smallest absolute Gasteiger partial charge is 0.259 e. The number of ether oxygens (including phenoxy) is 4. The van der Waals surface area contributed by atoms with Gasteiger partial charge in [0.05, 0.1) is 26.4 Å². The quantitative estimate of drug-likeness (QED) is 0.244. The van der Waals surface area contributed by atoms with Crippen molar-refractivity contribution in [2.24, 2.45) is 10.2 Å². The van der Waals surface area contributed by atoms with E-state index < -0.39 is 17.7 Å². The number of azo groups is 1. The number of nitrogens with zero attached hydrogens (tertiary/aromatic N) is 2.